The summed E-state index contributed by atoms with van der Waals surface area (Å²) >= 11 is 0. The topological polar surface area (TPSA) is 62.2 Å². The number of hydrogen-bond donors (Lipinski definition) is 1. The Kier molecular flexibility index (Phi) is 4.94. The van der Waals surface area contributed by atoms with E-state index in [1.54, 1.807) is 6.92 Å². The van der Waals surface area contributed by atoms with Gasteiger partial charge in [0, 0.05) is 32.7 Å². The second-order valence-corrected chi connectivity index (χ2v) is 4.91. The summed E-state index contributed by atoms with van der Waals surface area (Å²) in [5.74, 6) is 0.0337. The summed E-state index contributed by atoms with van der Waals surface area (Å²) in [6.45, 7) is 6.91. The summed E-state index contributed by atoms with van der Waals surface area (Å²) in [6.07, 6.45) is -0.746. The van der Waals surface area contributed by atoms with E-state index in [4.69, 9.17) is 9.47 Å². The van der Waals surface area contributed by atoms with Crippen molar-refractivity contribution in [3.05, 3.63) is 0 Å². The number of amides is 1. The summed E-state index contributed by atoms with van der Waals surface area (Å²) < 4.78 is 10.7. The van der Waals surface area contributed by atoms with Gasteiger partial charge in [-0.2, -0.15) is 0 Å². The molecule has 2 fully saturated rings. The number of rotatable bonds is 3. The van der Waals surface area contributed by atoms with Crippen LogP contribution in [0.5, 0.6) is 0 Å². The van der Waals surface area contributed by atoms with Crippen molar-refractivity contribution < 1.29 is 19.4 Å². The van der Waals surface area contributed by atoms with E-state index in [0.717, 1.165) is 13.1 Å². The molecule has 0 saturated carbocycles. The van der Waals surface area contributed by atoms with Crippen LogP contribution in [0.25, 0.3) is 0 Å². The zero-order valence-corrected chi connectivity index (χ0v) is 10.9. The maximum atomic E-state index is 12.1. The smallest absolute Gasteiger partial charge is 0.254 e. The van der Waals surface area contributed by atoms with E-state index in [1.807, 2.05) is 4.90 Å². The third-order valence-corrected chi connectivity index (χ3v) is 3.30. The zero-order chi connectivity index (χ0) is 13.0. The number of aliphatic hydroxyl groups is 1. The molecule has 6 nitrogen and oxygen atoms in total. The Bertz CT molecular complexity index is 271. The SMILES string of the molecule is C[C@H](O)CN1CCN(C(=O)[C@@H]2COCCO2)CC1. The first-order valence-electron chi connectivity index (χ1n) is 6.55. The Morgan fingerprint density at radius 1 is 1.33 bits per heavy atom. The van der Waals surface area contributed by atoms with Crippen LogP contribution in [-0.2, 0) is 14.3 Å². The quantitative estimate of drug-likeness (QED) is 0.698. The van der Waals surface area contributed by atoms with Crippen LogP contribution in [0, 0.1) is 0 Å². The fourth-order valence-corrected chi connectivity index (χ4v) is 2.36. The van der Waals surface area contributed by atoms with Gasteiger partial charge in [0.2, 0.25) is 0 Å². The lowest BCUT2D eigenvalue weighted by atomic mass is 10.2. The number of carbonyl (C=O) groups is 1. The molecule has 2 heterocycles. The molecule has 0 aromatic carbocycles. The van der Waals surface area contributed by atoms with Gasteiger partial charge in [0.25, 0.3) is 5.91 Å². The number of β-amino-alcohol motifs (C(OH)–C–C–N with tert-alkyl or cyclic N) is 1. The average Bonchev–Trinajstić information content (AvgIpc) is 2.39. The predicted molar refractivity (Wildman–Crippen MR) is 65.3 cm³/mol. The van der Waals surface area contributed by atoms with Crippen LogP contribution in [-0.4, -0.2) is 85.6 Å². The molecule has 2 aliphatic heterocycles. The van der Waals surface area contributed by atoms with Gasteiger partial charge < -0.3 is 19.5 Å². The van der Waals surface area contributed by atoms with Gasteiger partial charge in [0.05, 0.1) is 25.9 Å². The monoisotopic (exact) mass is 258 g/mol. The first-order valence-corrected chi connectivity index (χ1v) is 6.55. The van der Waals surface area contributed by atoms with Crippen LogP contribution in [0.2, 0.25) is 0 Å². The Balaban J connectivity index is 1.76. The highest BCUT2D eigenvalue weighted by molar-refractivity contribution is 5.81. The van der Waals surface area contributed by atoms with Crippen LogP contribution < -0.4 is 0 Å². The van der Waals surface area contributed by atoms with Crippen LogP contribution in [0.3, 0.4) is 0 Å². The minimum Gasteiger partial charge on any atom is -0.392 e. The van der Waals surface area contributed by atoms with Gasteiger partial charge in [0.1, 0.15) is 0 Å². The summed E-state index contributed by atoms with van der Waals surface area (Å²) in [4.78, 5) is 16.1. The van der Waals surface area contributed by atoms with E-state index in [1.165, 1.54) is 0 Å². The van der Waals surface area contributed by atoms with Gasteiger partial charge in [-0.3, -0.25) is 9.69 Å². The molecule has 0 spiro atoms. The molecule has 0 aromatic rings. The second-order valence-electron chi connectivity index (χ2n) is 4.91. The fraction of sp³-hybridized carbons (Fsp3) is 0.917. The lowest BCUT2D eigenvalue weighted by Gasteiger charge is -2.37. The molecule has 2 rings (SSSR count). The number of hydrogen-bond acceptors (Lipinski definition) is 5. The van der Waals surface area contributed by atoms with Gasteiger partial charge in [-0.15, -0.1) is 0 Å². The molecule has 2 atom stereocenters. The van der Waals surface area contributed by atoms with Gasteiger partial charge in [-0.05, 0) is 6.92 Å². The highest BCUT2D eigenvalue weighted by atomic mass is 16.6. The molecular weight excluding hydrogens is 236 g/mol. The fourth-order valence-electron chi connectivity index (χ4n) is 2.36. The molecule has 0 aliphatic carbocycles. The first kappa shape index (κ1) is 13.7. The molecule has 2 saturated heterocycles. The number of nitrogens with zero attached hydrogens (tertiary/aromatic N) is 2. The molecule has 104 valence electrons. The largest absolute Gasteiger partial charge is 0.392 e. The third-order valence-electron chi connectivity index (χ3n) is 3.30. The van der Waals surface area contributed by atoms with Crippen molar-refractivity contribution in [1.29, 1.82) is 0 Å². The van der Waals surface area contributed by atoms with Gasteiger partial charge in [-0.1, -0.05) is 0 Å². The van der Waals surface area contributed by atoms with Crippen LogP contribution in [0.4, 0.5) is 0 Å². The summed E-state index contributed by atoms with van der Waals surface area (Å²) in [5, 5.41) is 9.32. The number of carbonyl (C=O) groups excluding carboxylic acids is 1. The molecular formula is C12H22N2O4. The Hall–Kier alpha value is -0.690. The van der Waals surface area contributed by atoms with Crippen LogP contribution in [0.1, 0.15) is 6.92 Å². The van der Waals surface area contributed by atoms with Crippen molar-refractivity contribution in [1.82, 2.24) is 9.80 Å². The van der Waals surface area contributed by atoms with Crippen molar-refractivity contribution in [2.75, 3.05) is 52.5 Å². The summed E-state index contributed by atoms with van der Waals surface area (Å²) in [7, 11) is 0. The molecule has 1 N–H and O–H groups in total. The normalized spacial score (nSPS) is 28.1. The third kappa shape index (κ3) is 3.65. The molecule has 0 radical (unpaired) electrons. The minimum atomic E-state index is -0.429. The van der Waals surface area contributed by atoms with Crippen molar-refractivity contribution in [3.8, 4) is 0 Å². The highest BCUT2D eigenvalue weighted by Gasteiger charge is 2.29. The molecule has 0 unspecified atom stereocenters. The zero-order valence-electron chi connectivity index (χ0n) is 10.9. The van der Waals surface area contributed by atoms with Crippen molar-refractivity contribution >= 4 is 5.91 Å². The molecule has 0 bridgehead atoms. The van der Waals surface area contributed by atoms with Gasteiger partial charge >= 0.3 is 0 Å². The molecule has 2 aliphatic rings. The van der Waals surface area contributed by atoms with E-state index in [0.29, 0.717) is 39.5 Å². The van der Waals surface area contributed by atoms with Crippen molar-refractivity contribution in [2.45, 2.75) is 19.1 Å². The maximum Gasteiger partial charge on any atom is 0.254 e. The van der Waals surface area contributed by atoms with E-state index in [9.17, 15) is 9.90 Å². The number of piperazine rings is 1. The van der Waals surface area contributed by atoms with Gasteiger partial charge in [0.15, 0.2) is 6.10 Å². The van der Waals surface area contributed by atoms with Crippen molar-refractivity contribution in [3.63, 3.8) is 0 Å². The predicted octanol–water partition coefficient (Wildman–Crippen LogP) is -1.07. The lowest BCUT2D eigenvalue weighted by Crippen LogP contribution is -2.54. The van der Waals surface area contributed by atoms with E-state index < -0.39 is 6.10 Å². The lowest BCUT2D eigenvalue weighted by molar-refractivity contribution is -0.159. The summed E-state index contributed by atoms with van der Waals surface area (Å²) in [6, 6.07) is 0. The Morgan fingerprint density at radius 3 is 2.61 bits per heavy atom. The first-order chi connectivity index (χ1) is 8.66. The van der Waals surface area contributed by atoms with E-state index in [-0.39, 0.29) is 12.0 Å². The highest BCUT2D eigenvalue weighted by Crippen LogP contribution is 2.09. The maximum absolute atomic E-state index is 12.1. The summed E-state index contributed by atoms with van der Waals surface area (Å²) in [5.41, 5.74) is 0. The molecule has 1 amide bonds. The minimum absolute atomic E-state index is 0.0337. The number of aliphatic hydroxyl groups excluding tert-OH is 1. The van der Waals surface area contributed by atoms with Crippen LogP contribution in [0.15, 0.2) is 0 Å². The molecule has 6 heteroatoms. The average molecular weight is 258 g/mol. The van der Waals surface area contributed by atoms with E-state index >= 15 is 0 Å². The molecule has 18 heavy (non-hydrogen) atoms. The van der Waals surface area contributed by atoms with Crippen LogP contribution >= 0.6 is 0 Å². The van der Waals surface area contributed by atoms with Gasteiger partial charge in [-0.25, -0.2) is 0 Å². The number of ether oxygens (including phenoxy) is 2. The standard InChI is InChI=1S/C12H22N2O4/c1-10(15)8-13-2-4-14(5-3-13)12(16)11-9-17-6-7-18-11/h10-11,15H,2-9H2,1H3/t10-,11-/m0/s1. The van der Waals surface area contributed by atoms with Crippen molar-refractivity contribution in [2.24, 2.45) is 0 Å². The molecule has 0 aromatic heterocycles. The second kappa shape index (κ2) is 6.47. The Morgan fingerprint density at radius 2 is 2.06 bits per heavy atom. The Labute approximate surface area is 107 Å². The van der Waals surface area contributed by atoms with E-state index in [2.05, 4.69) is 4.90 Å².